The van der Waals surface area contributed by atoms with Gasteiger partial charge in [-0.25, -0.2) is 0 Å². The van der Waals surface area contributed by atoms with E-state index in [4.69, 9.17) is 21.8 Å². The Kier molecular flexibility index (Phi) is 4.00. The van der Waals surface area contributed by atoms with Crippen LogP contribution in [0.5, 0.6) is 0 Å². The van der Waals surface area contributed by atoms with Gasteiger partial charge in [0.15, 0.2) is 0 Å². The maximum absolute atomic E-state index is 5.89. The number of likely N-dealkylation sites (tertiary alicyclic amines) is 1. The second-order valence-corrected chi connectivity index (χ2v) is 5.56. The lowest BCUT2D eigenvalue weighted by Crippen LogP contribution is -2.39. The molecule has 0 spiro atoms. The Bertz CT molecular complexity index is 561. The summed E-state index contributed by atoms with van der Waals surface area (Å²) >= 11 is 5.86. The molecule has 3 rings (SSSR count). The van der Waals surface area contributed by atoms with Crippen molar-refractivity contribution >= 4 is 11.6 Å². The number of hydrogen-bond acceptors (Lipinski definition) is 5. The third kappa shape index (κ3) is 3.17. The van der Waals surface area contributed by atoms with Crippen LogP contribution in [-0.4, -0.2) is 34.2 Å². The largest absolute Gasteiger partial charge is 0.419 e. The van der Waals surface area contributed by atoms with Gasteiger partial charge in [-0.05, 0) is 37.1 Å². The van der Waals surface area contributed by atoms with Gasteiger partial charge in [0.25, 0.3) is 0 Å². The first-order valence-electron chi connectivity index (χ1n) is 6.77. The molecular weight excluding hydrogens is 276 g/mol. The predicted octanol–water partition coefficient (Wildman–Crippen LogP) is 2.31. The van der Waals surface area contributed by atoms with E-state index in [0.717, 1.165) is 31.5 Å². The summed E-state index contributed by atoms with van der Waals surface area (Å²) in [6.45, 7) is 2.66. The maximum atomic E-state index is 5.89. The second-order valence-electron chi connectivity index (χ2n) is 5.12. The van der Waals surface area contributed by atoms with Gasteiger partial charge in [-0.15, -0.1) is 10.2 Å². The molecule has 0 bridgehead atoms. The first-order valence-corrected chi connectivity index (χ1v) is 7.15. The molecule has 2 aromatic rings. The molecular formula is C14H17ClN4O. The van der Waals surface area contributed by atoms with Gasteiger partial charge < -0.3 is 10.2 Å². The molecule has 106 valence electrons. The number of benzene rings is 1. The summed E-state index contributed by atoms with van der Waals surface area (Å²) in [5, 5.41) is 8.88. The minimum absolute atomic E-state index is 0.332. The van der Waals surface area contributed by atoms with E-state index in [1.165, 1.54) is 0 Å². The fraction of sp³-hybridized carbons (Fsp3) is 0.429. The van der Waals surface area contributed by atoms with Crippen molar-refractivity contribution in [2.75, 3.05) is 13.1 Å². The summed E-state index contributed by atoms with van der Waals surface area (Å²) in [4.78, 5) is 2.29. The Balaban J connectivity index is 1.66. The molecule has 1 aromatic heterocycles. The average Bonchev–Trinajstić information content (AvgIpc) is 2.91. The fourth-order valence-electron chi connectivity index (χ4n) is 2.33. The van der Waals surface area contributed by atoms with Gasteiger partial charge in [0.1, 0.15) is 0 Å². The zero-order valence-corrected chi connectivity index (χ0v) is 11.9. The van der Waals surface area contributed by atoms with E-state index in [9.17, 15) is 0 Å². The maximum Gasteiger partial charge on any atom is 0.247 e. The average molecular weight is 293 g/mol. The minimum Gasteiger partial charge on any atom is -0.419 e. The SMILES string of the molecule is NC1CCN(Cc2nnc(-c3ccc(Cl)cc3)o2)CC1. The number of aromatic nitrogens is 2. The molecule has 1 aliphatic heterocycles. The predicted molar refractivity (Wildman–Crippen MR) is 77.2 cm³/mol. The highest BCUT2D eigenvalue weighted by Crippen LogP contribution is 2.21. The molecule has 1 aliphatic rings. The smallest absolute Gasteiger partial charge is 0.247 e. The Hall–Kier alpha value is -1.43. The van der Waals surface area contributed by atoms with Crippen LogP contribution in [0.25, 0.3) is 11.5 Å². The van der Waals surface area contributed by atoms with E-state index < -0.39 is 0 Å². The van der Waals surface area contributed by atoms with Crippen LogP contribution in [0.1, 0.15) is 18.7 Å². The molecule has 0 radical (unpaired) electrons. The van der Waals surface area contributed by atoms with Crippen LogP contribution in [0.2, 0.25) is 5.02 Å². The zero-order chi connectivity index (χ0) is 13.9. The first-order chi connectivity index (χ1) is 9.70. The van der Waals surface area contributed by atoms with Crippen LogP contribution in [0.15, 0.2) is 28.7 Å². The van der Waals surface area contributed by atoms with Crippen LogP contribution < -0.4 is 5.73 Å². The Morgan fingerprint density at radius 1 is 1.20 bits per heavy atom. The Morgan fingerprint density at radius 2 is 1.90 bits per heavy atom. The van der Waals surface area contributed by atoms with Crippen molar-refractivity contribution in [3.63, 3.8) is 0 Å². The van der Waals surface area contributed by atoms with Crippen molar-refractivity contribution in [1.29, 1.82) is 0 Å². The number of halogens is 1. The van der Waals surface area contributed by atoms with Crippen LogP contribution in [0.3, 0.4) is 0 Å². The summed E-state index contributed by atoms with van der Waals surface area (Å²) < 4.78 is 5.70. The molecule has 2 N–H and O–H groups in total. The third-order valence-corrected chi connectivity index (χ3v) is 3.80. The van der Waals surface area contributed by atoms with Crippen molar-refractivity contribution in [2.45, 2.75) is 25.4 Å². The standard InChI is InChI=1S/C14H17ClN4O/c15-11-3-1-10(2-4-11)14-18-17-13(20-14)9-19-7-5-12(16)6-8-19/h1-4,12H,5-9,16H2. The van der Waals surface area contributed by atoms with Gasteiger partial charge in [-0.2, -0.15) is 0 Å². The molecule has 6 heteroatoms. The second kappa shape index (κ2) is 5.91. The summed E-state index contributed by atoms with van der Waals surface area (Å²) in [5.74, 6) is 1.18. The van der Waals surface area contributed by atoms with Crippen molar-refractivity contribution in [2.24, 2.45) is 5.73 Å². The molecule has 0 amide bonds. The van der Waals surface area contributed by atoms with Crippen LogP contribution in [-0.2, 0) is 6.54 Å². The van der Waals surface area contributed by atoms with Gasteiger partial charge in [0, 0.05) is 29.7 Å². The molecule has 1 aromatic carbocycles. The first kappa shape index (κ1) is 13.5. The molecule has 1 fully saturated rings. The highest BCUT2D eigenvalue weighted by molar-refractivity contribution is 6.30. The van der Waals surface area contributed by atoms with Crippen molar-refractivity contribution in [1.82, 2.24) is 15.1 Å². The zero-order valence-electron chi connectivity index (χ0n) is 11.1. The molecule has 5 nitrogen and oxygen atoms in total. The molecule has 1 saturated heterocycles. The number of nitrogens with two attached hydrogens (primary N) is 1. The highest BCUT2D eigenvalue weighted by Gasteiger charge is 2.18. The fourth-order valence-corrected chi connectivity index (χ4v) is 2.45. The van der Waals surface area contributed by atoms with Gasteiger partial charge in [-0.1, -0.05) is 11.6 Å². The topological polar surface area (TPSA) is 68.2 Å². The molecule has 20 heavy (non-hydrogen) atoms. The summed E-state index contributed by atoms with van der Waals surface area (Å²) in [6, 6.07) is 7.71. The molecule has 0 atom stereocenters. The van der Waals surface area contributed by atoms with E-state index in [-0.39, 0.29) is 0 Å². The number of hydrogen-bond donors (Lipinski definition) is 1. The Labute approximate surface area is 122 Å². The van der Waals surface area contributed by atoms with Crippen LogP contribution in [0, 0.1) is 0 Å². The number of piperidine rings is 1. The Morgan fingerprint density at radius 3 is 2.60 bits per heavy atom. The van der Waals surface area contributed by atoms with E-state index in [1.807, 2.05) is 24.3 Å². The minimum atomic E-state index is 0.332. The summed E-state index contributed by atoms with van der Waals surface area (Å²) in [5.41, 5.74) is 6.78. The van der Waals surface area contributed by atoms with Crippen molar-refractivity contribution in [3.05, 3.63) is 35.2 Å². The lowest BCUT2D eigenvalue weighted by atomic mass is 10.1. The molecule has 0 aliphatic carbocycles. The summed E-state index contributed by atoms with van der Waals surface area (Å²) in [6.07, 6.45) is 2.05. The number of rotatable bonds is 3. The summed E-state index contributed by atoms with van der Waals surface area (Å²) in [7, 11) is 0. The molecule has 0 saturated carbocycles. The molecule has 0 unspecified atom stereocenters. The highest BCUT2D eigenvalue weighted by atomic mass is 35.5. The van der Waals surface area contributed by atoms with Gasteiger partial charge in [-0.3, -0.25) is 4.90 Å². The van der Waals surface area contributed by atoms with Crippen LogP contribution >= 0.6 is 11.6 Å². The van der Waals surface area contributed by atoms with Crippen LogP contribution in [0.4, 0.5) is 0 Å². The number of nitrogens with zero attached hydrogens (tertiary/aromatic N) is 3. The molecule has 2 heterocycles. The van der Waals surface area contributed by atoms with Gasteiger partial charge >= 0.3 is 0 Å². The lowest BCUT2D eigenvalue weighted by Gasteiger charge is -2.28. The van der Waals surface area contributed by atoms with E-state index >= 15 is 0 Å². The van der Waals surface area contributed by atoms with E-state index in [1.54, 1.807) is 0 Å². The van der Waals surface area contributed by atoms with Crippen molar-refractivity contribution in [3.8, 4) is 11.5 Å². The van der Waals surface area contributed by atoms with Crippen molar-refractivity contribution < 1.29 is 4.42 Å². The quantitative estimate of drug-likeness (QED) is 0.940. The van der Waals surface area contributed by atoms with Gasteiger partial charge in [0.2, 0.25) is 11.8 Å². The lowest BCUT2D eigenvalue weighted by molar-refractivity contribution is 0.189. The monoisotopic (exact) mass is 292 g/mol. The normalized spacial score (nSPS) is 17.5. The third-order valence-electron chi connectivity index (χ3n) is 3.55. The van der Waals surface area contributed by atoms with E-state index in [0.29, 0.717) is 29.4 Å². The van der Waals surface area contributed by atoms with E-state index in [2.05, 4.69) is 15.1 Å². The van der Waals surface area contributed by atoms with Gasteiger partial charge in [0.05, 0.1) is 6.54 Å².